The minimum absolute atomic E-state index is 0.383. The molecule has 5 heteroatoms. The molecule has 0 heterocycles. The topological polar surface area (TPSA) is 45.7 Å². The van der Waals surface area contributed by atoms with E-state index in [-0.39, 0.29) is 12.3 Å². The van der Waals surface area contributed by atoms with E-state index in [1.807, 2.05) is 6.92 Å². The van der Waals surface area contributed by atoms with E-state index in [2.05, 4.69) is 22.2 Å². The molecule has 2 atom stereocenters. The van der Waals surface area contributed by atoms with Gasteiger partial charge in [-0.15, -0.1) is 0 Å². The number of aliphatic imine (C=N–C) groups is 1. The summed E-state index contributed by atoms with van der Waals surface area (Å²) < 4.78 is 17.9. The summed E-state index contributed by atoms with van der Waals surface area (Å²) >= 11 is 0. The average Bonchev–Trinajstić information content (AvgIpc) is 2.34. The molecule has 0 aliphatic heterocycles. The maximum absolute atomic E-state index is 12.5. The maximum atomic E-state index is 12.5. The molecule has 0 aliphatic carbocycles. The molecule has 0 saturated heterocycles. The van der Waals surface area contributed by atoms with Gasteiger partial charge >= 0.3 is 0 Å². The molecule has 0 aliphatic rings. The van der Waals surface area contributed by atoms with Crippen LogP contribution < -0.4 is 10.6 Å². The number of halogens is 1. The maximum Gasteiger partial charge on any atom is 0.148 e. The van der Waals surface area contributed by atoms with E-state index in [1.165, 1.54) is 0 Å². The SMILES string of the molecule is C=CN/C=C\C(=N/C(C)OC(CC)CF)NC. The van der Waals surface area contributed by atoms with Gasteiger partial charge in [-0.1, -0.05) is 13.5 Å². The molecule has 98 valence electrons. The largest absolute Gasteiger partial charge is 0.373 e. The highest BCUT2D eigenvalue weighted by atomic mass is 19.1. The summed E-state index contributed by atoms with van der Waals surface area (Å²) in [7, 11) is 1.76. The summed E-state index contributed by atoms with van der Waals surface area (Å²) in [5.41, 5.74) is 0. The molecule has 0 saturated carbocycles. The molecular formula is C12H22FN3O. The molecule has 4 nitrogen and oxygen atoms in total. The first kappa shape index (κ1) is 15.6. The minimum Gasteiger partial charge on any atom is -0.373 e. The zero-order valence-corrected chi connectivity index (χ0v) is 10.7. The first-order chi connectivity index (χ1) is 8.17. The fourth-order valence-electron chi connectivity index (χ4n) is 1.13. The lowest BCUT2D eigenvalue weighted by molar-refractivity contribution is -0.0117. The number of nitrogens with zero attached hydrogens (tertiary/aromatic N) is 1. The number of rotatable bonds is 8. The van der Waals surface area contributed by atoms with Crippen molar-refractivity contribution < 1.29 is 9.13 Å². The van der Waals surface area contributed by atoms with Crippen LogP contribution in [0.25, 0.3) is 0 Å². The summed E-state index contributed by atoms with van der Waals surface area (Å²) in [6.07, 6.45) is 4.87. The summed E-state index contributed by atoms with van der Waals surface area (Å²) in [4.78, 5) is 4.26. The van der Waals surface area contributed by atoms with Crippen molar-refractivity contribution in [3.63, 3.8) is 0 Å². The molecule has 0 radical (unpaired) electrons. The Morgan fingerprint density at radius 1 is 1.59 bits per heavy atom. The fraction of sp³-hybridized carbons (Fsp3) is 0.583. The first-order valence-electron chi connectivity index (χ1n) is 5.68. The average molecular weight is 243 g/mol. The van der Waals surface area contributed by atoms with Gasteiger partial charge in [-0.25, -0.2) is 9.38 Å². The number of amidine groups is 1. The molecule has 0 fully saturated rings. The van der Waals surface area contributed by atoms with Gasteiger partial charge in [0, 0.05) is 13.2 Å². The van der Waals surface area contributed by atoms with Gasteiger partial charge in [0.25, 0.3) is 0 Å². The van der Waals surface area contributed by atoms with Crippen molar-refractivity contribution in [2.75, 3.05) is 13.7 Å². The standard InChI is InChI=1S/C12H22FN3O/c1-5-11(9-13)17-10(3)16-12(14-4)7-8-15-6-2/h6-8,10-11,15H,2,5,9H2,1,3-4H3,(H,14,16)/b8-7-. The monoisotopic (exact) mass is 243 g/mol. The summed E-state index contributed by atoms with van der Waals surface area (Å²) in [5.74, 6) is 0.653. The Labute approximate surface area is 103 Å². The Morgan fingerprint density at radius 2 is 2.29 bits per heavy atom. The summed E-state index contributed by atoms with van der Waals surface area (Å²) in [6.45, 7) is 6.69. The van der Waals surface area contributed by atoms with E-state index in [0.29, 0.717) is 12.3 Å². The van der Waals surface area contributed by atoms with E-state index in [0.717, 1.165) is 0 Å². The molecular weight excluding hydrogens is 221 g/mol. The number of alkyl halides is 1. The van der Waals surface area contributed by atoms with Crippen LogP contribution in [-0.2, 0) is 4.74 Å². The molecule has 0 aromatic rings. The molecule has 2 N–H and O–H groups in total. The third kappa shape index (κ3) is 7.52. The molecule has 0 aromatic carbocycles. The van der Waals surface area contributed by atoms with Gasteiger partial charge in [0.05, 0.1) is 6.10 Å². The van der Waals surface area contributed by atoms with Gasteiger partial charge in [-0.3, -0.25) is 0 Å². The van der Waals surface area contributed by atoms with Crippen molar-refractivity contribution in [1.82, 2.24) is 10.6 Å². The van der Waals surface area contributed by atoms with Crippen LogP contribution in [0.2, 0.25) is 0 Å². The van der Waals surface area contributed by atoms with Crippen LogP contribution in [0.15, 0.2) is 30.0 Å². The lowest BCUT2D eigenvalue weighted by Gasteiger charge is -2.16. The van der Waals surface area contributed by atoms with Gasteiger partial charge in [-0.2, -0.15) is 0 Å². The molecule has 0 aromatic heterocycles. The van der Waals surface area contributed by atoms with Crippen molar-refractivity contribution in [1.29, 1.82) is 0 Å². The van der Waals surface area contributed by atoms with Crippen molar-refractivity contribution in [3.05, 3.63) is 25.1 Å². The third-order valence-electron chi connectivity index (χ3n) is 2.05. The zero-order valence-electron chi connectivity index (χ0n) is 10.7. The van der Waals surface area contributed by atoms with Crippen LogP contribution in [-0.4, -0.2) is 31.9 Å². The van der Waals surface area contributed by atoms with Gasteiger partial charge in [-0.05, 0) is 25.6 Å². The molecule has 0 spiro atoms. The smallest absolute Gasteiger partial charge is 0.148 e. The Bertz CT molecular complexity index is 262. The third-order valence-corrected chi connectivity index (χ3v) is 2.05. The lowest BCUT2D eigenvalue weighted by atomic mass is 10.3. The van der Waals surface area contributed by atoms with E-state index in [1.54, 1.807) is 32.4 Å². The number of likely N-dealkylation sites (N-methyl/N-ethyl adjacent to an activating group) is 1. The van der Waals surface area contributed by atoms with Crippen LogP contribution in [0.3, 0.4) is 0 Å². The van der Waals surface area contributed by atoms with Crippen molar-refractivity contribution in [2.24, 2.45) is 4.99 Å². The molecule has 0 amide bonds. The molecule has 0 rings (SSSR count). The summed E-state index contributed by atoms with van der Waals surface area (Å²) in [5, 5.41) is 5.73. The first-order valence-corrected chi connectivity index (χ1v) is 5.68. The molecule has 2 unspecified atom stereocenters. The van der Waals surface area contributed by atoms with Gasteiger partial charge < -0.3 is 15.4 Å². The highest BCUT2D eigenvalue weighted by Gasteiger charge is 2.10. The van der Waals surface area contributed by atoms with Gasteiger partial charge in [0.2, 0.25) is 0 Å². The van der Waals surface area contributed by atoms with Crippen molar-refractivity contribution in [2.45, 2.75) is 32.6 Å². The quantitative estimate of drug-likeness (QED) is 0.506. The van der Waals surface area contributed by atoms with Gasteiger partial charge in [0.1, 0.15) is 18.7 Å². The second-order valence-corrected chi connectivity index (χ2v) is 3.39. The molecule has 0 bridgehead atoms. The lowest BCUT2D eigenvalue weighted by Crippen LogP contribution is -2.24. The highest BCUT2D eigenvalue weighted by Crippen LogP contribution is 2.04. The number of hydrogen-bond donors (Lipinski definition) is 2. The normalized spacial score (nSPS) is 15.6. The molecule has 17 heavy (non-hydrogen) atoms. The van der Waals surface area contributed by atoms with Crippen LogP contribution >= 0.6 is 0 Å². The number of ether oxygens (including phenoxy) is 1. The van der Waals surface area contributed by atoms with Crippen LogP contribution in [0.1, 0.15) is 20.3 Å². The Kier molecular flexibility index (Phi) is 9.05. The van der Waals surface area contributed by atoms with E-state index >= 15 is 0 Å². The minimum atomic E-state index is -0.487. The second kappa shape index (κ2) is 9.84. The van der Waals surface area contributed by atoms with Crippen LogP contribution in [0.4, 0.5) is 4.39 Å². The number of hydrogen-bond acceptors (Lipinski definition) is 3. The van der Waals surface area contributed by atoms with E-state index in [4.69, 9.17) is 4.74 Å². The van der Waals surface area contributed by atoms with E-state index in [9.17, 15) is 4.39 Å². The van der Waals surface area contributed by atoms with E-state index < -0.39 is 6.67 Å². The Balaban J connectivity index is 4.34. The highest BCUT2D eigenvalue weighted by molar-refractivity contribution is 5.92. The summed E-state index contributed by atoms with van der Waals surface area (Å²) in [6, 6.07) is 0. The zero-order chi connectivity index (χ0) is 13.1. The number of nitrogens with one attached hydrogen (secondary N) is 2. The predicted molar refractivity (Wildman–Crippen MR) is 69.6 cm³/mol. The van der Waals surface area contributed by atoms with Gasteiger partial charge in [0.15, 0.2) is 0 Å². The predicted octanol–water partition coefficient (Wildman–Crippen LogP) is 1.96. The Morgan fingerprint density at radius 3 is 2.76 bits per heavy atom. The van der Waals surface area contributed by atoms with Crippen molar-refractivity contribution in [3.8, 4) is 0 Å². The second-order valence-electron chi connectivity index (χ2n) is 3.39. The fourth-order valence-corrected chi connectivity index (χ4v) is 1.13. The van der Waals surface area contributed by atoms with Crippen molar-refractivity contribution >= 4 is 5.84 Å². The van der Waals surface area contributed by atoms with Crippen LogP contribution in [0.5, 0.6) is 0 Å². The van der Waals surface area contributed by atoms with Crippen LogP contribution in [0, 0.1) is 0 Å². The Hall–Kier alpha value is -1.36.